The van der Waals surface area contributed by atoms with Gasteiger partial charge in [0, 0.05) is 45.3 Å². The first-order valence-electron chi connectivity index (χ1n) is 5.96. The Kier molecular flexibility index (Phi) is 3.84. The lowest BCUT2D eigenvalue weighted by Crippen LogP contribution is -2.49. The second-order valence-electron chi connectivity index (χ2n) is 4.73. The second-order valence-corrected chi connectivity index (χ2v) is 6.71. The summed E-state index contributed by atoms with van der Waals surface area (Å²) < 4.78 is 24.2. The van der Waals surface area contributed by atoms with E-state index in [1.54, 1.807) is 4.31 Å². The Labute approximate surface area is 97.8 Å². The van der Waals surface area contributed by atoms with Gasteiger partial charge in [-0.15, -0.1) is 0 Å². The fraction of sp³-hybridized carbons (Fsp3) is 1.00. The van der Waals surface area contributed by atoms with Gasteiger partial charge in [0.25, 0.3) is 0 Å². The molecule has 0 bridgehead atoms. The van der Waals surface area contributed by atoms with Crippen LogP contribution in [0.3, 0.4) is 0 Å². The smallest absolute Gasteiger partial charge is 0.211 e. The van der Waals surface area contributed by atoms with E-state index in [1.807, 2.05) is 0 Å². The zero-order chi connectivity index (χ0) is 11.6. The van der Waals surface area contributed by atoms with Crippen molar-refractivity contribution in [2.75, 3.05) is 45.5 Å². The zero-order valence-electron chi connectivity index (χ0n) is 9.85. The predicted molar refractivity (Wildman–Crippen MR) is 63.9 cm³/mol. The van der Waals surface area contributed by atoms with Gasteiger partial charge in [0.15, 0.2) is 0 Å². The minimum Gasteiger partial charge on any atom is -0.313 e. The van der Waals surface area contributed by atoms with E-state index in [-0.39, 0.29) is 0 Å². The molecule has 0 unspecified atom stereocenters. The number of nitrogens with one attached hydrogen (secondary N) is 1. The van der Waals surface area contributed by atoms with Crippen LogP contribution in [-0.2, 0) is 10.0 Å². The van der Waals surface area contributed by atoms with Gasteiger partial charge in [-0.25, -0.2) is 8.42 Å². The summed E-state index contributed by atoms with van der Waals surface area (Å²) >= 11 is 0. The maximum atomic E-state index is 11.3. The third-order valence-corrected chi connectivity index (χ3v) is 4.54. The molecule has 0 aromatic heterocycles. The van der Waals surface area contributed by atoms with E-state index in [4.69, 9.17) is 0 Å². The normalized spacial score (nSPS) is 24.8. The Morgan fingerprint density at radius 1 is 1.19 bits per heavy atom. The van der Waals surface area contributed by atoms with Gasteiger partial charge < -0.3 is 5.32 Å². The molecule has 1 saturated heterocycles. The molecule has 1 N–H and O–H groups in total. The molecule has 0 aromatic carbocycles. The molecular weight excluding hydrogens is 226 g/mol. The summed E-state index contributed by atoms with van der Waals surface area (Å²) in [6.07, 6.45) is 3.93. The highest BCUT2D eigenvalue weighted by molar-refractivity contribution is 7.88. The molecule has 6 heteroatoms. The molecule has 2 rings (SSSR count). The highest BCUT2D eigenvalue weighted by Crippen LogP contribution is 2.18. The molecule has 16 heavy (non-hydrogen) atoms. The van der Waals surface area contributed by atoms with Crippen molar-refractivity contribution in [1.82, 2.24) is 14.5 Å². The van der Waals surface area contributed by atoms with Crippen molar-refractivity contribution in [2.45, 2.75) is 18.9 Å². The summed E-state index contributed by atoms with van der Waals surface area (Å²) in [5.41, 5.74) is 0. The van der Waals surface area contributed by atoms with E-state index in [0.29, 0.717) is 13.1 Å². The first-order valence-corrected chi connectivity index (χ1v) is 7.81. The Hall–Kier alpha value is -0.170. The highest BCUT2D eigenvalue weighted by Gasteiger charge is 2.24. The number of rotatable bonds is 5. The molecule has 1 saturated carbocycles. The van der Waals surface area contributed by atoms with E-state index >= 15 is 0 Å². The van der Waals surface area contributed by atoms with E-state index < -0.39 is 10.0 Å². The van der Waals surface area contributed by atoms with Crippen molar-refractivity contribution in [2.24, 2.45) is 0 Å². The molecule has 0 amide bonds. The van der Waals surface area contributed by atoms with Crippen molar-refractivity contribution in [3.8, 4) is 0 Å². The van der Waals surface area contributed by atoms with Crippen LogP contribution in [0.4, 0.5) is 0 Å². The fourth-order valence-corrected chi connectivity index (χ4v) is 2.83. The topological polar surface area (TPSA) is 52.7 Å². The molecular formula is C10H21N3O2S. The average Bonchev–Trinajstić information content (AvgIpc) is 3.01. The van der Waals surface area contributed by atoms with Crippen molar-refractivity contribution in [3.05, 3.63) is 0 Å². The van der Waals surface area contributed by atoms with Crippen LogP contribution in [0.5, 0.6) is 0 Å². The van der Waals surface area contributed by atoms with Crippen LogP contribution in [-0.4, -0.2) is 69.2 Å². The Bertz CT molecular complexity index is 319. The molecule has 0 radical (unpaired) electrons. The molecule has 0 aromatic rings. The third-order valence-electron chi connectivity index (χ3n) is 3.24. The molecule has 1 heterocycles. The largest absolute Gasteiger partial charge is 0.313 e. The van der Waals surface area contributed by atoms with E-state index in [9.17, 15) is 8.42 Å². The molecule has 2 aliphatic rings. The van der Waals surface area contributed by atoms with Gasteiger partial charge in [-0.1, -0.05) is 0 Å². The van der Waals surface area contributed by atoms with Gasteiger partial charge in [-0.3, -0.25) is 4.90 Å². The van der Waals surface area contributed by atoms with Crippen molar-refractivity contribution >= 4 is 10.0 Å². The second kappa shape index (κ2) is 5.00. The van der Waals surface area contributed by atoms with Crippen LogP contribution in [0.25, 0.3) is 0 Å². The lowest BCUT2D eigenvalue weighted by molar-refractivity contribution is 0.189. The summed E-state index contributed by atoms with van der Waals surface area (Å²) in [6, 6.07) is 0.761. The minimum absolute atomic E-state index is 0.641. The standard InChI is InChI=1S/C10H21N3O2S/c1-16(14,15)13-8-6-12(7-9-13)5-4-11-10-2-3-10/h10-11H,2-9H2,1H3. The summed E-state index contributed by atoms with van der Waals surface area (Å²) in [7, 11) is -2.98. The Morgan fingerprint density at radius 2 is 1.81 bits per heavy atom. The summed E-state index contributed by atoms with van der Waals surface area (Å²) in [5, 5.41) is 3.47. The van der Waals surface area contributed by atoms with Crippen LogP contribution < -0.4 is 5.32 Å². The first-order chi connectivity index (χ1) is 7.55. The summed E-state index contributed by atoms with van der Waals surface area (Å²) in [6.45, 7) is 5.07. The predicted octanol–water partition coefficient (Wildman–Crippen LogP) is -0.684. The van der Waals surface area contributed by atoms with Crippen LogP contribution >= 0.6 is 0 Å². The molecule has 1 aliphatic carbocycles. The Morgan fingerprint density at radius 3 is 2.31 bits per heavy atom. The highest BCUT2D eigenvalue weighted by atomic mass is 32.2. The first kappa shape index (κ1) is 12.3. The number of sulfonamides is 1. The van der Waals surface area contributed by atoms with Gasteiger partial charge in [-0.05, 0) is 12.8 Å². The molecule has 1 aliphatic heterocycles. The van der Waals surface area contributed by atoms with Crippen LogP contribution in [0.15, 0.2) is 0 Å². The maximum absolute atomic E-state index is 11.3. The average molecular weight is 247 g/mol. The fourth-order valence-electron chi connectivity index (χ4n) is 2.00. The molecule has 0 spiro atoms. The minimum atomic E-state index is -2.98. The summed E-state index contributed by atoms with van der Waals surface area (Å²) in [4.78, 5) is 2.33. The van der Waals surface area contributed by atoms with E-state index in [2.05, 4.69) is 10.2 Å². The molecule has 2 fully saturated rings. The Balaban J connectivity index is 1.64. The lowest BCUT2D eigenvalue weighted by atomic mass is 10.3. The van der Waals surface area contributed by atoms with Gasteiger partial charge in [0.1, 0.15) is 0 Å². The van der Waals surface area contributed by atoms with E-state index in [0.717, 1.165) is 32.2 Å². The molecule has 0 atom stereocenters. The number of nitrogens with zero attached hydrogens (tertiary/aromatic N) is 2. The number of piperazine rings is 1. The lowest BCUT2D eigenvalue weighted by Gasteiger charge is -2.33. The molecule has 5 nitrogen and oxygen atoms in total. The number of hydrogen-bond donors (Lipinski definition) is 1. The monoisotopic (exact) mass is 247 g/mol. The van der Waals surface area contributed by atoms with Crippen molar-refractivity contribution in [3.63, 3.8) is 0 Å². The molecule has 94 valence electrons. The number of hydrogen-bond acceptors (Lipinski definition) is 4. The van der Waals surface area contributed by atoms with Crippen LogP contribution in [0.1, 0.15) is 12.8 Å². The zero-order valence-corrected chi connectivity index (χ0v) is 10.7. The van der Waals surface area contributed by atoms with Gasteiger partial charge >= 0.3 is 0 Å². The summed E-state index contributed by atoms with van der Waals surface area (Å²) in [5.74, 6) is 0. The van der Waals surface area contributed by atoms with Crippen LogP contribution in [0, 0.1) is 0 Å². The maximum Gasteiger partial charge on any atom is 0.211 e. The SMILES string of the molecule is CS(=O)(=O)N1CCN(CCNC2CC2)CC1. The van der Waals surface area contributed by atoms with Crippen molar-refractivity contribution < 1.29 is 8.42 Å². The van der Waals surface area contributed by atoms with E-state index in [1.165, 1.54) is 19.1 Å². The van der Waals surface area contributed by atoms with Gasteiger partial charge in [-0.2, -0.15) is 4.31 Å². The quantitative estimate of drug-likeness (QED) is 0.699. The van der Waals surface area contributed by atoms with Crippen LogP contribution in [0.2, 0.25) is 0 Å². The van der Waals surface area contributed by atoms with Crippen molar-refractivity contribution in [1.29, 1.82) is 0 Å². The van der Waals surface area contributed by atoms with Gasteiger partial charge in [0.05, 0.1) is 6.26 Å². The third kappa shape index (κ3) is 3.69. The van der Waals surface area contributed by atoms with Gasteiger partial charge in [0.2, 0.25) is 10.0 Å².